The molecule has 3 fully saturated rings. The highest BCUT2D eigenvalue weighted by Gasteiger charge is 2.62. The zero-order chi connectivity index (χ0) is 16.8. The molecule has 1 spiro atoms. The first-order chi connectivity index (χ1) is 11.5. The van der Waals surface area contributed by atoms with Crippen molar-refractivity contribution < 1.29 is 17.6 Å². The van der Waals surface area contributed by atoms with E-state index in [0.717, 1.165) is 19.6 Å². The van der Waals surface area contributed by atoms with Crippen molar-refractivity contribution in [1.29, 1.82) is 0 Å². The molecule has 3 aliphatic heterocycles. The second-order valence-electron chi connectivity index (χ2n) is 7.27. The van der Waals surface area contributed by atoms with Crippen LogP contribution in [-0.4, -0.2) is 72.3 Å². The van der Waals surface area contributed by atoms with Crippen molar-refractivity contribution in [1.82, 2.24) is 14.8 Å². The van der Waals surface area contributed by atoms with Gasteiger partial charge in [-0.05, 0) is 38.3 Å². The van der Waals surface area contributed by atoms with Crippen LogP contribution < -0.4 is 0 Å². The number of hydrogen-bond donors (Lipinski definition) is 0. The van der Waals surface area contributed by atoms with Crippen LogP contribution in [0.1, 0.15) is 36.2 Å². The van der Waals surface area contributed by atoms with Gasteiger partial charge >= 0.3 is 0 Å². The van der Waals surface area contributed by atoms with Gasteiger partial charge in [0, 0.05) is 19.6 Å². The maximum Gasteiger partial charge on any atom is 0.275 e. The molecule has 132 valence electrons. The summed E-state index contributed by atoms with van der Waals surface area (Å²) in [4.78, 5) is 20.2. The topological polar surface area (TPSA) is 83.7 Å². The number of nitrogens with zero attached hydrogens (tertiary/aromatic N) is 3. The summed E-state index contributed by atoms with van der Waals surface area (Å²) in [6.45, 7) is 3.55. The number of oxazole rings is 1. The monoisotopic (exact) mass is 353 g/mol. The van der Waals surface area contributed by atoms with E-state index in [-0.39, 0.29) is 23.3 Å². The van der Waals surface area contributed by atoms with Gasteiger partial charge in [0.05, 0.1) is 5.75 Å². The first-order valence-electron chi connectivity index (χ1n) is 8.64. The first kappa shape index (κ1) is 16.1. The molecule has 3 saturated heterocycles. The number of rotatable bonds is 3. The summed E-state index contributed by atoms with van der Waals surface area (Å²) < 4.78 is 29.5. The van der Waals surface area contributed by atoms with Gasteiger partial charge in [-0.2, -0.15) is 0 Å². The van der Waals surface area contributed by atoms with Gasteiger partial charge < -0.3 is 14.2 Å². The number of likely N-dealkylation sites (tertiary alicyclic amines) is 2. The highest BCUT2D eigenvalue weighted by atomic mass is 32.2. The van der Waals surface area contributed by atoms with Crippen molar-refractivity contribution in [3.05, 3.63) is 18.4 Å². The van der Waals surface area contributed by atoms with Crippen LogP contribution in [0.15, 0.2) is 17.1 Å². The fourth-order valence-corrected chi connectivity index (χ4v) is 6.81. The van der Waals surface area contributed by atoms with Crippen LogP contribution in [0, 0.1) is 5.92 Å². The SMILES string of the molecule is O=C(c1cocn1)N1CC2(C1)C(CN1CCCCC1)CCS2(=O)=O. The third kappa shape index (κ3) is 2.47. The number of carbonyl (C=O) groups excluding carboxylic acids is 1. The second-order valence-corrected chi connectivity index (χ2v) is 9.72. The van der Waals surface area contributed by atoms with Crippen LogP contribution in [0.4, 0.5) is 0 Å². The fourth-order valence-electron chi connectivity index (χ4n) is 4.41. The molecular weight excluding hydrogens is 330 g/mol. The third-order valence-electron chi connectivity index (χ3n) is 5.88. The van der Waals surface area contributed by atoms with E-state index in [2.05, 4.69) is 9.88 Å². The summed E-state index contributed by atoms with van der Waals surface area (Å²) in [7, 11) is -3.15. The largest absolute Gasteiger partial charge is 0.451 e. The van der Waals surface area contributed by atoms with E-state index < -0.39 is 14.6 Å². The lowest BCUT2D eigenvalue weighted by Gasteiger charge is -2.50. The Bertz CT molecular complexity index is 704. The lowest BCUT2D eigenvalue weighted by Crippen LogP contribution is -2.69. The highest BCUT2D eigenvalue weighted by molar-refractivity contribution is 7.93. The number of aromatic nitrogens is 1. The van der Waals surface area contributed by atoms with Crippen LogP contribution in [0.3, 0.4) is 0 Å². The van der Waals surface area contributed by atoms with Crippen molar-refractivity contribution in [2.75, 3.05) is 38.5 Å². The molecule has 3 aliphatic rings. The molecule has 1 atom stereocenters. The number of hydrogen-bond acceptors (Lipinski definition) is 6. The van der Waals surface area contributed by atoms with Crippen molar-refractivity contribution in [3.8, 4) is 0 Å². The maximum atomic E-state index is 12.7. The van der Waals surface area contributed by atoms with Gasteiger partial charge in [-0.1, -0.05) is 6.42 Å². The number of amides is 1. The second kappa shape index (κ2) is 5.84. The van der Waals surface area contributed by atoms with Crippen molar-refractivity contribution in [2.45, 2.75) is 30.4 Å². The highest BCUT2D eigenvalue weighted by Crippen LogP contribution is 2.45. The van der Waals surface area contributed by atoms with Crippen LogP contribution in [0.5, 0.6) is 0 Å². The minimum Gasteiger partial charge on any atom is -0.451 e. The Morgan fingerprint density at radius 2 is 2.04 bits per heavy atom. The van der Waals surface area contributed by atoms with E-state index in [9.17, 15) is 13.2 Å². The lowest BCUT2D eigenvalue weighted by atomic mass is 9.82. The summed E-state index contributed by atoms with van der Waals surface area (Å²) >= 11 is 0. The molecule has 24 heavy (non-hydrogen) atoms. The molecule has 4 heterocycles. The van der Waals surface area contributed by atoms with E-state index in [1.807, 2.05) is 0 Å². The summed E-state index contributed by atoms with van der Waals surface area (Å²) in [6, 6.07) is 0. The molecule has 1 unspecified atom stereocenters. The van der Waals surface area contributed by atoms with E-state index in [1.54, 1.807) is 4.90 Å². The molecule has 1 aromatic rings. The van der Waals surface area contributed by atoms with Gasteiger partial charge in [0.25, 0.3) is 5.91 Å². The predicted octanol–water partition coefficient (Wildman–Crippen LogP) is 0.790. The number of carbonyl (C=O) groups is 1. The minimum atomic E-state index is -3.15. The quantitative estimate of drug-likeness (QED) is 0.799. The Morgan fingerprint density at radius 1 is 1.29 bits per heavy atom. The Balaban J connectivity index is 1.48. The normalized spacial score (nSPS) is 28.8. The standard InChI is InChI=1S/C16H23N3O4S/c20-15(14-9-23-12-17-14)19-10-16(11-19)13(4-7-24(16,21)22)8-18-5-2-1-3-6-18/h9,12-13H,1-8,10-11H2. The minimum absolute atomic E-state index is 0.127. The molecule has 4 rings (SSSR count). The Morgan fingerprint density at radius 3 is 2.71 bits per heavy atom. The zero-order valence-corrected chi connectivity index (χ0v) is 14.5. The molecule has 0 bridgehead atoms. The van der Waals surface area contributed by atoms with Crippen molar-refractivity contribution in [2.24, 2.45) is 5.92 Å². The van der Waals surface area contributed by atoms with E-state index >= 15 is 0 Å². The van der Waals surface area contributed by atoms with Gasteiger partial charge in [-0.25, -0.2) is 13.4 Å². The molecule has 0 radical (unpaired) electrons. The number of piperidine rings is 1. The Labute approximate surface area is 141 Å². The maximum absolute atomic E-state index is 12.7. The molecular formula is C16H23N3O4S. The summed E-state index contributed by atoms with van der Waals surface area (Å²) in [5.74, 6) is 0.132. The molecule has 1 aromatic heterocycles. The molecule has 8 heteroatoms. The summed E-state index contributed by atoms with van der Waals surface area (Å²) in [6.07, 6.45) is 6.90. The molecule has 0 aliphatic carbocycles. The summed E-state index contributed by atoms with van der Waals surface area (Å²) in [5.41, 5.74) is 0.243. The Kier molecular flexibility index (Phi) is 3.91. The molecule has 7 nitrogen and oxygen atoms in total. The average molecular weight is 353 g/mol. The zero-order valence-electron chi connectivity index (χ0n) is 13.7. The number of sulfone groups is 1. The van der Waals surface area contributed by atoms with Gasteiger partial charge in [0.15, 0.2) is 21.9 Å². The van der Waals surface area contributed by atoms with Gasteiger partial charge in [0.1, 0.15) is 11.0 Å². The van der Waals surface area contributed by atoms with Gasteiger partial charge in [-0.15, -0.1) is 0 Å². The molecule has 0 saturated carbocycles. The van der Waals surface area contributed by atoms with E-state index in [0.29, 0.717) is 19.5 Å². The summed E-state index contributed by atoms with van der Waals surface area (Å²) in [5, 5.41) is 0. The molecule has 0 aromatic carbocycles. The van der Waals surface area contributed by atoms with Crippen LogP contribution in [0.25, 0.3) is 0 Å². The third-order valence-corrected chi connectivity index (χ3v) is 8.48. The van der Waals surface area contributed by atoms with E-state index in [1.165, 1.54) is 31.9 Å². The van der Waals surface area contributed by atoms with E-state index in [4.69, 9.17) is 4.42 Å². The van der Waals surface area contributed by atoms with Crippen molar-refractivity contribution >= 4 is 15.7 Å². The van der Waals surface area contributed by atoms with Crippen molar-refractivity contribution in [3.63, 3.8) is 0 Å². The van der Waals surface area contributed by atoms with Crippen LogP contribution in [0.2, 0.25) is 0 Å². The Hall–Kier alpha value is -1.41. The van der Waals surface area contributed by atoms with Crippen LogP contribution >= 0.6 is 0 Å². The predicted molar refractivity (Wildman–Crippen MR) is 87.3 cm³/mol. The average Bonchev–Trinajstić information content (AvgIpc) is 3.13. The molecule has 0 N–H and O–H groups in total. The molecule has 1 amide bonds. The van der Waals surface area contributed by atoms with Crippen LogP contribution in [-0.2, 0) is 9.84 Å². The van der Waals surface area contributed by atoms with Gasteiger partial charge in [0.2, 0.25) is 0 Å². The first-order valence-corrected chi connectivity index (χ1v) is 10.3. The lowest BCUT2D eigenvalue weighted by molar-refractivity contribution is 0.0406. The van der Waals surface area contributed by atoms with Gasteiger partial charge in [-0.3, -0.25) is 4.79 Å². The smallest absolute Gasteiger partial charge is 0.275 e. The fraction of sp³-hybridized carbons (Fsp3) is 0.750.